The number of hydrogen-bond donors (Lipinski definition) is 0. The number of alkyl halides is 2. The Morgan fingerprint density at radius 1 is 1.25 bits per heavy atom. The summed E-state index contributed by atoms with van der Waals surface area (Å²) in [4.78, 5) is 14.9. The number of hydrogen-bond acceptors (Lipinski definition) is 3. The van der Waals surface area contributed by atoms with E-state index < -0.39 is 5.41 Å². The Balaban J connectivity index is 1.54. The van der Waals surface area contributed by atoms with Crippen molar-refractivity contribution < 1.29 is 9.53 Å². The Bertz CT molecular complexity index is 399. The van der Waals surface area contributed by atoms with Crippen molar-refractivity contribution >= 4 is 37.8 Å². The molecule has 114 valence electrons. The van der Waals surface area contributed by atoms with Crippen LogP contribution in [-0.4, -0.2) is 39.8 Å². The molecule has 3 nitrogen and oxygen atoms in total. The highest BCUT2D eigenvalue weighted by Crippen LogP contribution is 2.66. The molecular formula is C15H23Br2NO2. The van der Waals surface area contributed by atoms with E-state index in [1.807, 2.05) is 6.92 Å². The van der Waals surface area contributed by atoms with E-state index in [1.165, 1.54) is 45.2 Å². The maximum Gasteiger partial charge on any atom is 0.314 e. The van der Waals surface area contributed by atoms with E-state index in [-0.39, 0.29) is 9.20 Å². The summed E-state index contributed by atoms with van der Waals surface area (Å²) in [6.45, 7) is 5.04. The molecule has 1 aliphatic carbocycles. The summed E-state index contributed by atoms with van der Waals surface area (Å²) in [5, 5.41) is 0. The molecular weight excluding hydrogens is 386 g/mol. The smallest absolute Gasteiger partial charge is 0.314 e. The van der Waals surface area contributed by atoms with Crippen LogP contribution >= 0.6 is 31.9 Å². The van der Waals surface area contributed by atoms with Gasteiger partial charge in [-0.25, -0.2) is 0 Å². The van der Waals surface area contributed by atoms with Gasteiger partial charge in [-0.1, -0.05) is 38.3 Å². The molecule has 0 spiro atoms. The molecule has 0 N–H and O–H groups in total. The number of halogens is 2. The SMILES string of the molecule is C[C@@]1(C(=O)OC[C@@H]2CCCN3CCCC[C@H]23)CC1(Br)Br. The van der Waals surface area contributed by atoms with Gasteiger partial charge < -0.3 is 4.74 Å². The number of piperidine rings is 2. The van der Waals surface area contributed by atoms with Gasteiger partial charge in [-0.05, 0) is 52.1 Å². The normalized spacial score (nSPS) is 40.0. The van der Waals surface area contributed by atoms with Crippen molar-refractivity contribution in [1.82, 2.24) is 4.90 Å². The Hall–Kier alpha value is 0.390. The van der Waals surface area contributed by atoms with Gasteiger partial charge in [-0.15, -0.1) is 0 Å². The van der Waals surface area contributed by atoms with Crippen LogP contribution in [0.1, 0.15) is 45.4 Å². The van der Waals surface area contributed by atoms with Gasteiger partial charge in [-0.2, -0.15) is 0 Å². The molecule has 1 saturated carbocycles. The van der Waals surface area contributed by atoms with Crippen LogP contribution in [-0.2, 0) is 9.53 Å². The molecule has 2 saturated heterocycles. The molecule has 0 aromatic heterocycles. The van der Waals surface area contributed by atoms with Crippen molar-refractivity contribution in [3.05, 3.63) is 0 Å². The Kier molecular flexibility index (Phi) is 4.24. The molecule has 3 atom stereocenters. The fourth-order valence-corrected chi connectivity index (χ4v) is 5.18. The third-order valence-electron chi connectivity index (χ3n) is 5.37. The number of carbonyl (C=O) groups excluding carboxylic acids is 1. The van der Waals surface area contributed by atoms with Gasteiger partial charge >= 0.3 is 5.97 Å². The van der Waals surface area contributed by atoms with Crippen LogP contribution in [0.2, 0.25) is 0 Å². The van der Waals surface area contributed by atoms with E-state index >= 15 is 0 Å². The highest BCUT2D eigenvalue weighted by Gasteiger charge is 2.67. The van der Waals surface area contributed by atoms with Crippen molar-refractivity contribution in [2.75, 3.05) is 19.7 Å². The van der Waals surface area contributed by atoms with Gasteiger partial charge in [0.2, 0.25) is 0 Å². The van der Waals surface area contributed by atoms with Crippen molar-refractivity contribution in [2.45, 2.75) is 54.7 Å². The largest absolute Gasteiger partial charge is 0.465 e. The second-order valence-electron chi connectivity index (χ2n) is 6.81. The zero-order valence-corrected chi connectivity index (χ0v) is 15.2. The molecule has 3 fully saturated rings. The number of carbonyl (C=O) groups is 1. The minimum atomic E-state index is -0.395. The van der Waals surface area contributed by atoms with E-state index in [2.05, 4.69) is 36.8 Å². The quantitative estimate of drug-likeness (QED) is 0.526. The zero-order chi connectivity index (χ0) is 14.4. The van der Waals surface area contributed by atoms with E-state index in [0.29, 0.717) is 18.6 Å². The topological polar surface area (TPSA) is 29.5 Å². The lowest BCUT2D eigenvalue weighted by molar-refractivity contribution is -0.152. The van der Waals surface area contributed by atoms with Crippen LogP contribution in [0.4, 0.5) is 0 Å². The van der Waals surface area contributed by atoms with Crippen molar-refractivity contribution in [1.29, 1.82) is 0 Å². The minimum Gasteiger partial charge on any atom is -0.465 e. The number of fused-ring (bicyclic) bond motifs is 1. The van der Waals surface area contributed by atoms with E-state index in [0.717, 1.165) is 6.42 Å². The number of esters is 1. The molecule has 0 aromatic carbocycles. The van der Waals surface area contributed by atoms with Gasteiger partial charge in [0.25, 0.3) is 0 Å². The van der Waals surface area contributed by atoms with E-state index in [9.17, 15) is 4.79 Å². The Morgan fingerprint density at radius 2 is 1.95 bits per heavy atom. The molecule has 5 heteroatoms. The lowest BCUT2D eigenvalue weighted by atomic mass is 9.84. The van der Waals surface area contributed by atoms with Crippen molar-refractivity contribution in [2.24, 2.45) is 11.3 Å². The highest BCUT2D eigenvalue weighted by molar-refractivity contribution is 9.25. The Morgan fingerprint density at radius 3 is 2.65 bits per heavy atom. The second-order valence-corrected chi connectivity index (χ2v) is 10.6. The average Bonchev–Trinajstić information content (AvgIpc) is 2.96. The average molecular weight is 409 g/mol. The molecule has 3 rings (SSSR count). The predicted molar refractivity (Wildman–Crippen MR) is 86.2 cm³/mol. The van der Waals surface area contributed by atoms with Crippen LogP contribution in [0, 0.1) is 11.3 Å². The molecule has 0 amide bonds. The van der Waals surface area contributed by atoms with Gasteiger partial charge in [0, 0.05) is 12.0 Å². The second kappa shape index (κ2) is 5.54. The maximum atomic E-state index is 12.2. The first-order chi connectivity index (χ1) is 9.44. The molecule has 0 unspecified atom stereocenters. The molecule has 0 bridgehead atoms. The first kappa shape index (κ1) is 15.3. The zero-order valence-electron chi connectivity index (χ0n) is 12.0. The standard InChI is InChI=1S/C15H23Br2NO2/c1-14(10-15(14,16)17)13(19)20-9-11-5-4-8-18-7-3-2-6-12(11)18/h11-12H,2-10H2,1H3/t11-,12+,14-/m0/s1. The van der Waals surface area contributed by atoms with Gasteiger partial charge in [-0.3, -0.25) is 9.69 Å². The highest BCUT2D eigenvalue weighted by atomic mass is 79.9. The van der Waals surface area contributed by atoms with Crippen molar-refractivity contribution in [3.63, 3.8) is 0 Å². The molecule has 0 aromatic rings. The lowest BCUT2D eigenvalue weighted by Crippen LogP contribution is -2.49. The van der Waals surface area contributed by atoms with Gasteiger partial charge in [0.05, 0.1) is 15.3 Å². The van der Waals surface area contributed by atoms with Gasteiger partial charge in [0.1, 0.15) is 0 Å². The van der Waals surface area contributed by atoms with Crippen LogP contribution in [0.25, 0.3) is 0 Å². The summed E-state index contributed by atoms with van der Waals surface area (Å²) < 4.78 is 5.42. The summed E-state index contributed by atoms with van der Waals surface area (Å²) in [7, 11) is 0. The summed E-state index contributed by atoms with van der Waals surface area (Å²) in [5.41, 5.74) is -0.395. The minimum absolute atomic E-state index is 0.0563. The molecule has 2 heterocycles. The van der Waals surface area contributed by atoms with Gasteiger partial charge in [0.15, 0.2) is 0 Å². The van der Waals surface area contributed by atoms with Crippen molar-refractivity contribution in [3.8, 4) is 0 Å². The summed E-state index contributed by atoms with van der Waals surface area (Å²) in [6.07, 6.45) is 7.20. The fourth-order valence-electron chi connectivity index (χ4n) is 3.73. The summed E-state index contributed by atoms with van der Waals surface area (Å²) in [6, 6.07) is 0.648. The fraction of sp³-hybridized carbons (Fsp3) is 0.933. The maximum absolute atomic E-state index is 12.2. The number of ether oxygens (including phenoxy) is 1. The lowest BCUT2D eigenvalue weighted by Gasteiger charge is -2.44. The van der Waals surface area contributed by atoms with Crippen LogP contribution in [0.5, 0.6) is 0 Å². The first-order valence-corrected chi connectivity index (χ1v) is 9.32. The summed E-state index contributed by atoms with van der Waals surface area (Å²) in [5.74, 6) is 0.481. The molecule has 20 heavy (non-hydrogen) atoms. The molecule has 0 radical (unpaired) electrons. The number of rotatable bonds is 3. The Labute approximate surface area is 138 Å². The third-order valence-corrected chi connectivity index (χ3v) is 7.68. The van der Waals surface area contributed by atoms with E-state index in [1.54, 1.807) is 0 Å². The summed E-state index contributed by atoms with van der Waals surface area (Å²) >= 11 is 7.08. The van der Waals surface area contributed by atoms with Crippen LogP contribution < -0.4 is 0 Å². The first-order valence-electron chi connectivity index (χ1n) is 7.73. The number of nitrogens with zero attached hydrogens (tertiary/aromatic N) is 1. The van der Waals surface area contributed by atoms with E-state index in [4.69, 9.17) is 4.74 Å². The van der Waals surface area contributed by atoms with Crippen LogP contribution in [0.3, 0.4) is 0 Å². The third kappa shape index (κ3) is 2.70. The molecule has 3 aliphatic rings. The predicted octanol–water partition coefficient (Wildman–Crippen LogP) is 3.69. The monoisotopic (exact) mass is 407 g/mol. The molecule has 2 aliphatic heterocycles. The van der Waals surface area contributed by atoms with Crippen LogP contribution in [0.15, 0.2) is 0 Å².